The quantitative estimate of drug-likeness (QED) is 0.0318. The van der Waals surface area contributed by atoms with E-state index in [1.165, 1.54) is 154 Å². The minimum Gasteiger partial charge on any atom is -0.354 e. The number of amides is 6. The Hall–Kier alpha value is -3.30. The monoisotopic (exact) mass is 1260 g/mol. The second-order valence-corrected chi connectivity index (χ2v) is 26.7. The minimum absolute atomic E-state index is 0.0396. The number of carbonyl (C=O) groups excluding carboxylic acids is 6. The van der Waals surface area contributed by atoms with Gasteiger partial charge in [0.1, 0.15) is 18.1 Å². The Labute approximate surface area is 547 Å². The molecule has 0 aromatic rings. The van der Waals surface area contributed by atoms with Gasteiger partial charge in [-0.05, 0) is 129 Å². The molecule has 0 spiro atoms. The molecule has 522 valence electrons. The summed E-state index contributed by atoms with van der Waals surface area (Å²) >= 11 is 0. The summed E-state index contributed by atoms with van der Waals surface area (Å²) in [6.45, 7) is 13.3. The van der Waals surface area contributed by atoms with Crippen LogP contribution in [0.2, 0.25) is 0 Å². The van der Waals surface area contributed by atoms with E-state index >= 15 is 0 Å². The van der Waals surface area contributed by atoms with Gasteiger partial charge in [0.25, 0.3) is 0 Å². The predicted octanol–water partition coefficient (Wildman–Crippen LogP) is 15.6. The predicted molar refractivity (Wildman–Crippen MR) is 374 cm³/mol. The Morgan fingerprint density at radius 2 is 0.494 bits per heavy atom. The van der Waals surface area contributed by atoms with Crippen LogP contribution < -0.4 is 33.2 Å². The molecule has 3 aliphatic rings. The number of rotatable bonds is 54. The molecule has 15 nitrogen and oxygen atoms in total. The van der Waals surface area contributed by atoms with Crippen molar-refractivity contribution in [2.45, 2.75) is 379 Å². The van der Waals surface area contributed by atoms with E-state index in [2.05, 4.69) is 36.7 Å². The van der Waals surface area contributed by atoms with E-state index in [-0.39, 0.29) is 53.6 Å². The minimum atomic E-state index is -0.251. The standard InChI is InChI=1S/2C25H49N3O2.C24H47N3O2/c2*1-2-3-4-5-6-7-8-9-10-13-19-24(29)28-22-17-14-18-23(28)25(30)27-21-16-12-11-15-20-26;1-2-3-4-5-6-7-8-9-10-13-18-23(28)27-21-16-17-22(27)24(29)26-20-15-12-11-14-19-25/h2*23H,2-22,26H2,1H3,(H,27,30);22H,2-21,25H2,1H3,(H,26,29)/t2*23-;22-/m100/s1. The molecule has 0 bridgehead atoms. The van der Waals surface area contributed by atoms with E-state index in [0.717, 1.165) is 206 Å². The average molecular weight is 1260 g/mol. The van der Waals surface area contributed by atoms with Crippen molar-refractivity contribution in [2.24, 2.45) is 17.2 Å². The first kappa shape index (κ1) is 83.7. The van der Waals surface area contributed by atoms with Gasteiger partial charge in [-0.2, -0.15) is 0 Å². The van der Waals surface area contributed by atoms with Gasteiger partial charge in [0.05, 0.1) is 0 Å². The van der Waals surface area contributed by atoms with Crippen molar-refractivity contribution in [3.05, 3.63) is 0 Å². The Bertz CT molecular complexity index is 1610. The molecular weight excluding hydrogens is 1110 g/mol. The Kier molecular flexibility index (Phi) is 58.5. The van der Waals surface area contributed by atoms with Crippen LogP contribution in [0.25, 0.3) is 0 Å². The fourth-order valence-corrected chi connectivity index (χ4v) is 12.9. The highest BCUT2D eigenvalue weighted by Gasteiger charge is 2.34. The van der Waals surface area contributed by atoms with Crippen LogP contribution in [0, 0.1) is 0 Å². The van der Waals surface area contributed by atoms with Crippen LogP contribution in [0.5, 0.6) is 0 Å². The van der Waals surface area contributed by atoms with Crippen molar-refractivity contribution in [2.75, 3.05) is 58.9 Å². The van der Waals surface area contributed by atoms with Gasteiger partial charge in [0.2, 0.25) is 35.4 Å². The van der Waals surface area contributed by atoms with E-state index in [1.54, 1.807) is 0 Å². The topological polar surface area (TPSA) is 226 Å². The summed E-state index contributed by atoms with van der Waals surface area (Å²) in [6.07, 6.45) is 60.3. The van der Waals surface area contributed by atoms with Crippen LogP contribution in [-0.4, -0.2) is 127 Å². The third-order valence-electron chi connectivity index (χ3n) is 18.7. The highest BCUT2D eigenvalue weighted by atomic mass is 16.2. The highest BCUT2D eigenvalue weighted by molar-refractivity contribution is 5.89. The van der Waals surface area contributed by atoms with Gasteiger partial charge in [-0.25, -0.2) is 0 Å². The zero-order valence-corrected chi connectivity index (χ0v) is 58.6. The second-order valence-electron chi connectivity index (χ2n) is 26.7. The largest absolute Gasteiger partial charge is 0.354 e. The maximum Gasteiger partial charge on any atom is 0.242 e. The summed E-state index contributed by atoms with van der Waals surface area (Å²) in [4.78, 5) is 81.3. The third kappa shape index (κ3) is 45.6. The SMILES string of the molecule is CCCCCCCCCCCCC(=O)N1CCCC[C@@H]1C(=O)NCCCCCCN.CCCCCCCCCCCCC(=O)N1CCCC[C@H]1C(=O)NCCCCCCN.CCCCCCCCCCCCC(=O)N1CCC[C@H]1C(=O)NCCCCCCN. The number of hydrogen-bond acceptors (Lipinski definition) is 9. The molecule has 3 atom stereocenters. The number of nitrogens with two attached hydrogens (primary N) is 3. The summed E-state index contributed by atoms with van der Waals surface area (Å²) in [7, 11) is 0. The summed E-state index contributed by atoms with van der Waals surface area (Å²) < 4.78 is 0. The molecule has 3 heterocycles. The zero-order chi connectivity index (χ0) is 64.9. The maximum absolute atomic E-state index is 12.7. The molecule has 89 heavy (non-hydrogen) atoms. The van der Waals surface area contributed by atoms with Crippen LogP contribution in [0.15, 0.2) is 0 Å². The van der Waals surface area contributed by atoms with E-state index in [4.69, 9.17) is 17.2 Å². The molecule has 9 N–H and O–H groups in total. The lowest BCUT2D eigenvalue weighted by molar-refractivity contribution is -0.142. The van der Waals surface area contributed by atoms with Crippen molar-refractivity contribution >= 4 is 35.4 Å². The first-order valence-electron chi connectivity index (χ1n) is 38.4. The number of piperidine rings is 2. The Morgan fingerprint density at radius 1 is 0.281 bits per heavy atom. The molecule has 0 radical (unpaired) electrons. The first-order valence-corrected chi connectivity index (χ1v) is 38.4. The fourth-order valence-electron chi connectivity index (χ4n) is 12.9. The lowest BCUT2D eigenvalue weighted by Crippen LogP contribution is -2.52. The third-order valence-corrected chi connectivity index (χ3v) is 18.7. The number of carbonyl (C=O) groups is 6. The van der Waals surface area contributed by atoms with E-state index < -0.39 is 0 Å². The van der Waals surface area contributed by atoms with Gasteiger partial charge in [-0.15, -0.1) is 0 Å². The van der Waals surface area contributed by atoms with Gasteiger partial charge in [0.15, 0.2) is 0 Å². The molecule has 6 amide bonds. The lowest BCUT2D eigenvalue weighted by Gasteiger charge is -2.35. The number of likely N-dealkylation sites (tertiary alicyclic amines) is 3. The smallest absolute Gasteiger partial charge is 0.242 e. The number of nitrogens with zero attached hydrogens (tertiary/aromatic N) is 3. The molecule has 15 heteroatoms. The van der Waals surface area contributed by atoms with Crippen LogP contribution in [0.1, 0.15) is 361 Å². The molecule has 0 aromatic heterocycles. The van der Waals surface area contributed by atoms with E-state index in [9.17, 15) is 28.8 Å². The van der Waals surface area contributed by atoms with Gasteiger partial charge < -0.3 is 47.9 Å². The molecule has 3 fully saturated rings. The molecular formula is C74H145N9O6. The zero-order valence-electron chi connectivity index (χ0n) is 58.6. The summed E-state index contributed by atoms with van der Waals surface area (Å²) in [5.41, 5.74) is 16.5. The normalized spacial score (nSPS) is 16.5. The molecule has 0 saturated carbocycles. The van der Waals surface area contributed by atoms with Gasteiger partial charge in [-0.3, -0.25) is 28.8 Å². The summed E-state index contributed by atoms with van der Waals surface area (Å²) in [5, 5.41) is 9.15. The van der Waals surface area contributed by atoms with Gasteiger partial charge >= 0.3 is 0 Å². The maximum atomic E-state index is 12.7. The molecule has 3 aliphatic heterocycles. The second kappa shape index (κ2) is 62.2. The summed E-state index contributed by atoms with van der Waals surface area (Å²) in [6, 6.07) is -0.744. The summed E-state index contributed by atoms with van der Waals surface area (Å²) in [5.74, 6) is 0.660. The average Bonchev–Trinajstić information content (AvgIpc) is 4.26. The van der Waals surface area contributed by atoms with Crippen molar-refractivity contribution in [3.63, 3.8) is 0 Å². The Morgan fingerprint density at radius 3 is 0.753 bits per heavy atom. The van der Waals surface area contributed by atoms with E-state index in [1.807, 2.05) is 14.7 Å². The number of unbranched alkanes of at least 4 members (excludes halogenated alkanes) is 36. The van der Waals surface area contributed by atoms with E-state index in [0.29, 0.717) is 38.9 Å². The first-order chi connectivity index (χ1) is 43.6. The Balaban J connectivity index is 0.000000668. The molecule has 3 rings (SSSR count). The molecule has 3 saturated heterocycles. The van der Waals surface area contributed by atoms with Crippen molar-refractivity contribution in [1.29, 1.82) is 0 Å². The molecule has 0 aromatic carbocycles. The highest BCUT2D eigenvalue weighted by Crippen LogP contribution is 2.24. The van der Waals surface area contributed by atoms with Crippen molar-refractivity contribution < 1.29 is 28.8 Å². The lowest BCUT2D eigenvalue weighted by atomic mass is 10.00. The fraction of sp³-hybridized carbons (Fsp3) is 0.919. The molecule has 0 aliphatic carbocycles. The van der Waals surface area contributed by atoms with Crippen LogP contribution >= 0.6 is 0 Å². The van der Waals surface area contributed by atoms with Gasteiger partial charge in [-0.1, -0.05) is 233 Å². The van der Waals surface area contributed by atoms with Crippen LogP contribution in [0.3, 0.4) is 0 Å². The van der Waals surface area contributed by atoms with Gasteiger partial charge in [0, 0.05) is 58.5 Å². The van der Waals surface area contributed by atoms with Crippen molar-refractivity contribution in [3.8, 4) is 0 Å². The van der Waals surface area contributed by atoms with Crippen LogP contribution in [-0.2, 0) is 28.8 Å². The van der Waals surface area contributed by atoms with Crippen molar-refractivity contribution in [1.82, 2.24) is 30.7 Å². The van der Waals surface area contributed by atoms with Crippen LogP contribution in [0.4, 0.5) is 0 Å². The number of nitrogens with one attached hydrogen (secondary N) is 3. The number of hydrogen-bond donors (Lipinski definition) is 6. The molecule has 0 unspecified atom stereocenters.